The van der Waals surface area contributed by atoms with Crippen LogP contribution in [0.5, 0.6) is 0 Å². The van der Waals surface area contributed by atoms with Crippen LogP contribution in [0.4, 0.5) is 0 Å². The minimum Gasteiger partial charge on any atom is -0.479 e. The number of carbonyl (C=O) groups is 4. The molecule has 79 heavy (non-hydrogen) atoms. The van der Waals surface area contributed by atoms with Crippen LogP contribution < -0.4 is 0 Å². The monoisotopic (exact) mass is 1110 g/mol. The van der Waals surface area contributed by atoms with Gasteiger partial charge in [0.1, 0.15) is 18.8 Å². The van der Waals surface area contributed by atoms with Crippen LogP contribution in [-0.2, 0) is 42.9 Å². The number of carbonyl (C=O) groups excluding carboxylic acids is 3. The van der Waals surface area contributed by atoms with Crippen molar-refractivity contribution in [3.63, 3.8) is 0 Å². The second-order valence-corrected chi connectivity index (χ2v) is 21.7. The van der Waals surface area contributed by atoms with Gasteiger partial charge in [0.15, 0.2) is 24.6 Å². The fraction of sp³-hybridized carbons (Fsp3) is 0.761. The number of aliphatic hydroxyl groups is 2. The SMILES string of the molecule is CC/C=C\C/C=C\C/C=C\C/C=C\C/C=C\CCCCCC(=O)OC1C(OCC(COC(=O)CCCCCCC/C=C\CCCCCCCC)OC(=O)CCCCCCCCCCCCCCCCC)OC(C(=O)O)C(O)C1O. The lowest BCUT2D eigenvalue weighted by Crippen LogP contribution is -2.61. The number of unbranched alkanes of at least 4 members (excludes halogenated alkanes) is 28. The molecule has 0 radical (unpaired) electrons. The lowest BCUT2D eigenvalue weighted by atomic mass is 9.98. The fourth-order valence-corrected chi connectivity index (χ4v) is 9.39. The van der Waals surface area contributed by atoms with Gasteiger partial charge in [-0.25, -0.2) is 4.79 Å². The summed E-state index contributed by atoms with van der Waals surface area (Å²) in [6, 6.07) is 0. The molecule has 0 saturated carbocycles. The summed E-state index contributed by atoms with van der Waals surface area (Å²) in [6.07, 6.45) is 57.1. The first-order valence-corrected chi connectivity index (χ1v) is 31.9. The molecule has 1 aliphatic heterocycles. The maximum absolute atomic E-state index is 13.2. The Hall–Kier alpha value is -3.84. The van der Waals surface area contributed by atoms with Crippen molar-refractivity contribution in [3.05, 3.63) is 72.9 Å². The van der Waals surface area contributed by atoms with Crippen LogP contribution in [0.25, 0.3) is 0 Å². The van der Waals surface area contributed by atoms with Gasteiger partial charge >= 0.3 is 23.9 Å². The van der Waals surface area contributed by atoms with Crippen molar-refractivity contribution >= 4 is 23.9 Å². The largest absolute Gasteiger partial charge is 0.479 e. The molecule has 3 N–H and O–H groups in total. The molecule has 1 heterocycles. The molecule has 6 atom stereocenters. The highest BCUT2D eigenvalue weighted by Crippen LogP contribution is 2.26. The zero-order valence-corrected chi connectivity index (χ0v) is 50.1. The van der Waals surface area contributed by atoms with E-state index in [0.29, 0.717) is 19.3 Å². The van der Waals surface area contributed by atoms with Gasteiger partial charge in [-0.15, -0.1) is 0 Å². The van der Waals surface area contributed by atoms with E-state index < -0.39 is 67.3 Å². The molecule has 0 spiro atoms. The van der Waals surface area contributed by atoms with Crippen LogP contribution in [0.15, 0.2) is 72.9 Å². The van der Waals surface area contributed by atoms with Crippen LogP contribution in [0, 0.1) is 0 Å². The number of ether oxygens (including phenoxy) is 5. The molecule has 454 valence electrons. The predicted molar refractivity (Wildman–Crippen MR) is 322 cm³/mol. The number of esters is 3. The average Bonchev–Trinajstić information content (AvgIpc) is 3.44. The molecule has 1 saturated heterocycles. The van der Waals surface area contributed by atoms with Crippen molar-refractivity contribution in [1.29, 1.82) is 0 Å². The van der Waals surface area contributed by atoms with Gasteiger partial charge in [-0.2, -0.15) is 0 Å². The minimum atomic E-state index is -1.92. The Labute approximate surface area is 480 Å². The minimum absolute atomic E-state index is 0.0201. The van der Waals surface area contributed by atoms with E-state index in [1.807, 2.05) is 0 Å². The van der Waals surface area contributed by atoms with E-state index in [-0.39, 0.29) is 25.9 Å². The molecule has 1 aliphatic rings. The molecule has 0 bridgehead atoms. The third-order valence-electron chi connectivity index (χ3n) is 14.3. The summed E-state index contributed by atoms with van der Waals surface area (Å²) in [5.74, 6) is -3.16. The topological polar surface area (TPSA) is 175 Å². The van der Waals surface area contributed by atoms with E-state index in [2.05, 4.69) is 93.7 Å². The number of rotatable bonds is 54. The van der Waals surface area contributed by atoms with Gasteiger partial charge in [0.2, 0.25) is 0 Å². The molecule has 6 unspecified atom stereocenters. The summed E-state index contributed by atoms with van der Waals surface area (Å²) in [7, 11) is 0. The number of aliphatic carboxylic acids is 1. The highest BCUT2D eigenvalue weighted by Gasteiger charge is 2.50. The van der Waals surface area contributed by atoms with Crippen LogP contribution in [-0.4, -0.2) is 89.2 Å². The van der Waals surface area contributed by atoms with Gasteiger partial charge in [-0.1, -0.05) is 241 Å². The molecule has 12 nitrogen and oxygen atoms in total. The van der Waals surface area contributed by atoms with Crippen LogP contribution in [0.1, 0.15) is 278 Å². The van der Waals surface area contributed by atoms with E-state index in [4.69, 9.17) is 23.7 Å². The summed E-state index contributed by atoms with van der Waals surface area (Å²) >= 11 is 0. The van der Waals surface area contributed by atoms with Crippen molar-refractivity contribution in [3.8, 4) is 0 Å². The molecular formula is C67H114O12. The number of aliphatic hydroxyl groups excluding tert-OH is 2. The Morgan fingerprint density at radius 3 is 1.24 bits per heavy atom. The number of carboxylic acids is 1. The van der Waals surface area contributed by atoms with Gasteiger partial charge in [-0.05, 0) is 89.9 Å². The quantitative estimate of drug-likeness (QED) is 0.0228. The third kappa shape index (κ3) is 44.5. The zero-order chi connectivity index (χ0) is 57.5. The molecule has 0 aliphatic carbocycles. The van der Waals surface area contributed by atoms with Crippen LogP contribution >= 0.6 is 0 Å². The Bertz CT molecular complexity index is 1650. The molecule has 1 fully saturated rings. The first kappa shape index (κ1) is 73.2. The smallest absolute Gasteiger partial charge is 0.335 e. The van der Waals surface area contributed by atoms with Crippen molar-refractivity contribution in [1.82, 2.24) is 0 Å². The molecule has 0 aromatic carbocycles. The average molecular weight is 1110 g/mol. The van der Waals surface area contributed by atoms with Crippen LogP contribution in [0.3, 0.4) is 0 Å². The molecular weight excluding hydrogens is 997 g/mol. The molecule has 1 rings (SSSR count). The van der Waals surface area contributed by atoms with Crippen molar-refractivity contribution < 1.29 is 58.2 Å². The normalized spacial score (nSPS) is 18.3. The summed E-state index contributed by atoms with van der Waals surface area (Å²) in [5, 5.41) is 31.6. The zero-order valence-electron chi connectivity index (χ0n) is 50.1. The first-order chi connectivity index (χ1) is 38.6. The number of hydrogen-bond acceptors (Lipinski definition) is 11. The maximum atomic E-state index is 13.2. The lowest BCUT2D eigenvalue weighted by Gasteiger charge is -2.40. The Balaban J connectivity index is 2.69. The molecule has 12 heteroatoms. The first-order valence-electron chi connectivity index (χ1n) is 31.9. The van der Waals surface area contributed by atoms with Crippen molar-refractivity contribution in [2.75, 3.05) is 13.2 Å². The van der Waals surface area contributed by atoms with Gasteiger partial charge < -0.3 is 39.0 Å². The van der Waals surface area contributed by atoms with E-state index in [1.165, 1.54) is 109 Å². The van der Waals surface area contributed by atoms with Crippen molar-refractivity contribution in [2.24, 2.45) is 0 Å². The molecule has 0 amide bonds. The molecule has 0 aromatic rings. The number of carboxylic acid groups (broad SMARTS) is 1. The standard InChI is InChI=1S/C67H114O12/c1-4-7-10-13-16-19-22-25-28-29-30-31-34-37-40-43-46-49-52-55-61(70)78-65-63(72)62(71)64(66(73)74)79-67(65)76-57-58(77-60(69)54-51-48-45-42-39-36-33-27-24-21-18-15-12-9-6-3)56-75-59(68)53-50-47-44-41-38-35-32-26-23-20-17-14-11-8-5-2/h7,10,16,19,25-26,28,30-32,37,40,58,62-65,67,71-72H,4-6,8-9,11-15,17-18,20-24,27,29,33-36,38-39,41-57H2,1-3H3,(H,73,74)/b10-7-,19-16-,28-25-,31-30-,32-26-,40-37-. The highest BCUT2D eigenvalue weighted by atomic mass is 16.7. The number of allylic oxidation sites excluding steroid dienone is 12. The second kappa shape index (κ2) is 54.7. The van der Waals surface area contributed by atoms with Crippen LogP contribution in [0.2, 0.25) is 0 Å². The summed E-state index contributed by atoms with van der Waals surface area (Å²) in [5.41, 5.74) is 0. The Morgan fingerprint density at radius 1 is 0.430 bits per heavy atom. The lowest BCUT2D eigenvalue weighted by molar-refractivity contribution is -0.301. The number of hydrogen-bond donors (Lipinski definition) is 3. The van der Waals surface area contributed by atoms with Crippen molar-refractivity contribution in [2.45, 2.75) is 314 Å². The van der Waals surface area contributed by atoms with E-state index in [9.17, 15) is 34.5 Å². The fourth-order valence-electron chi connectivity index (χ4n) is 9.39. The Morgan fingerprint density at radius 2 is 0.797 bits per heavy atom. The van der Waals surface area contributed by atoms with E-state index in [0.717, 1.165) is 109 Å². The van der Waals surface area contributed by atoms with Gasteiger partial charge in [0, 0.05) is 19.3 Å². The summed E-state index contributed by atoms with van der Waals surface area (Å²) in [6.45, 7) is 5.88. The third-order valence-corrected chi connectivity index (χ3v) is 14.3. The summed E-state index contributed by atoms with van der Waals surface area (Å²) < 4.78 is 28.5. The predicted octanol–water partition coefficient (Wildman–Crippen LogP) is 16.9. The van der Waals surface area contributed by atoms with Gasteiger partial charge in [-0.3, -0.25) is 14.4 Å². The Kier molecular flexibility index (Phi) is 50.7. The second-order valence-electron chi connectivity index (χ2n) is 21.7. The van der Waals surface area contributed by atoms with Gasteiger partial charge in [0.25, 0.3) is 0 Å². The van der Waals surface area contributed by atoms with E-state index >= 15 is 0 Å². The molecule has 0 aromatic heterocycles. The summed E-state index contributed by atoms with van der Waals surface area (Å²) in [4.78, 5) is 51.3. The van der Waals surface area contributed by atoms with Gasteiger partial charge in [0.05, 0.1) is 6.61 Å². The maximum Gasteiger partial charge on any atom is 0.335 e. The highest BCUT2D eigenvalue weighted by molar-refractivity contribution is 5.74. The van der Waals surface area contributed by atoms with E-state index in [1.54, 1.807) is 0 Å².